The van der Waals surface area contributed by atoms with Gasteiger partial charge in [0, 0.05) is 0 Å². The molecule has 0 fully saturated rings. The van der Waals surface area contributed by atoms with Crippen LogP contribution in [-0.2, 0) is 12.8 Å². The fraction of sp³-hybridized carbons (Fsp3) is 0.217. The van der Waals surface area contributed by atoms with E-state index >= 15 is 0 Å². The van der Waals surface area contributed by atoms with Crippen LogP contribution in [0.3, 0.4) is 0 Å². The first-order chi connectivity index (χ1) is 56.3. The van der Waals surface area contributed by atoms with Crippen molar-refractivity contribution in [3.05, 3.63) is 461 Å². The average molecular weight is 1560 g/mol. The van der Waals surface area contributed by atoms with E-state index in [1.165, 1.54) is 205 Å². The van der Waals surface area contributed by atoms with Crippen LogP contribution in [0.1, 0.15) is 142 Å². The molecule has 3 heteroatoms. The normalized spacial score (nSPS) is 10.2. The van der Waals surface area contributed by atoms with Crippen LogP contribution in [0.15, 0.2) is 315 Å². The van der Waals surface area contributed by atoms with E-state index in [1.54, 1.807) is 13.0 Å². The number of rotatable bonds is 8. The van der Waals surface area contributed by atoms with E-state index < -0.39 is 0 Å². The molecule has 0 unspecified atom stereocenters. The molecule has 0 atom stereocenters. The van der Waals surface area contributed by atoms with Crippen molar-refractivity contribution >= 4 is 0 Å². The van der Waals surface area contributed by atoms with E-state index in [4.69, 9.17) is 0 Å². The molecule has 15 aromatic carbocycles. The molecule has 0 aromatic heterocycles. The first kappa shape index (κ1) is 93.3. The Morgan fingerprint density at radius 1 is 0.153 bits per heavy atom. The van der Waals surface area contributed by atoms with Crippen molar-refractivity contribution in [2.45, 2.75) is 172 Å². The summed E-state index contributed by atoms with van der Waals surface area (Å²) in [5, 5.41) is 0. The van der Waals surface area contributed by atoms with Gasteiger partial charge in [-0.25, -0.2) is 13.2 Å². The molecular weight excluding hydrogens is 1440 g/mol. The van der Waals surface area contributed by atoms with Crippen molar-refractivity contribution in [2.24, 2.45) is 0 Å². The summed E-state index contributed by atoms with van der Waals surface area (Å²) in [6, 6.07) is 110. The van der Waals surface area contributed by atoms with Gasteiger partial charge < -0.3 is 0 Å². The Morgan fingerprint density at radius 3 is 0.805 bits per heavy atom. The Morgan fingerprint density at radius 2 is 0.449 bits per heavy atom. The first-order valence-corrected chi connectivity index (χ1v) is 41.3. The molecule has 0 bridgehead atoms. The van der Waals surface area contributed by atoms with Crippen LogP contribution in [0, 0.1) is 163 Å². The van der Waals surface area contributed by atoms with Gasteiger partial charge in [0.15, 0.2) is 0 Å². The van der Waals surface area contributed by atoms with Crippen molar-refractivity contribution in [3.8, 4) is 66.8 Å². The summed E-state index contributed by atoms with van der Waals surface area (Å²) < 4.78 is 37.8. The highest BCUT2D eigenvalue weighted by Crippen LogP contribution is 2.34. The minimum Gasteiger partial charge on any atom is -0.207 e. The van der Waals surface area contributed by atoms with Gasteiger partial charge in [-0.2, -0.15) is 0 Å². The van der Waals surface area contributed by atoms with Gasteiger partial charge in [-0.3, -0.25) is 0 Å². The van der Waals surface area contributed by atoms with Gasteiger partial charge in [-0.15, -0.1) is 0 Å². The minimum atomic E-state index is -0.348. The van der Waals surface area contributed by atoms with Crippen molar-refractivity contribution in [1.82, 2.24) is 0 Å². The quantitative estimate of drug-likeness (QED) is 0.142. The molecule has 0 N–H and O–H groups in total. The molecule has 0 saturated carbocycles. The monoisotopic (exact) mass is 1560 g/mol. The first-order valence-electron chi connectivity index (χ1n) is 41.3. The molecular formula is C115H125F3. The molecule has 118 heavy (non-hydrogen) atoms. The average Bonchev–Trinajstić information content (AvgIpc) is 0.800. The Labute approximate surface area is 708 Å². The summed E-state index contributed by atoms with van der Waals surface area (Å²) >= 11 is 0. The Kier molecular flexibility index (Phi) is 36.9. The highest BCUT2D eigenvalue weighted by atomic mass is 19.1. The highest BCUT2D eigenvalue weighted by Gasteiger charge is 2.10. The summed E-state index contributed by atoms with van der Waals surface area (Å²) in [4.78, 5) is 0. The van der Waals surface area contributed by atoms with E-state index in [0.717, 1.165) is 18.4 Å². The lowest BCUT2D eigenvalue weighted by molar-refractivity contribution is 0.585. The SMILES string of the molecule is CCc1cc(C)c(CC)cc1C.Cc1cc(C)cc(-c2ccccc2)c1.Cc1cc(C)cc(-c2ccccc2-c2ccccc2)c1.Cc1cc(F)c(C)cc1F.Cc1ccc(-c2ccc(C)cc2)cc1.Cc1ccc(-c2ccc(C)cc2C)c(C)c1.Cc1ccc(C)c(C)c1.Cc1ccc(C)c(F)c1.Cc1cccc(-c2cccc(C)c2)c1. The lowest BCUT2D eigenvalue weighted by atomic mass is 9.93. The molecule has 0 aliphatic heterocycles. The van der Waals surface area contributed by atoms with E-state index in [-0.39, 0.29) is 17.5 Å². The van der Waals surface area contributed by atoms with Gasteiger partial charge in [0.05, 0.1) is 0 Å². The Bertz CT molecular complexity index is 5360. The smallest absolute Gasteiger partial charge is 0.126 e. The number of aryl methyl sites for hydroxylation is 23. The molecule has 0 aliphatic rings. The second kappa shape index (κ2) is 46.7. The Balaban J connectivity index is 0.000000185. The van der Waals surface area contributed by atoms with Crippen molar-refractivity contribution in [3.63, 3.8) is 0 Å². The molecule has 606 valence electrons. The van der Waals surface area contributed by atoms with Crippen LogP contribution in [0.2, 0.25) is 0 Å². The summed E-state index contributed by atoms with van der Waals surface area (Å²) in [7, 11) is 0. The molecule has 0 nitrogen and oxygen atoms in total. The van der Waals surface area contributed by atoms with Gasteiger partial charge in [0.2, 0.25) is 0 Å². The standard InChI is InChI=1S/C20H18.C16H18.3C14H14.C12H18.C9H12.C8H8F2.C8H9F/c1-15-12-16(2)14-18(13-15)20-11-7-6-10-19(20)17-8-4-3-5-9-17;1-11-5-7-15(13(3)9-11)16-8-6-12(2)10-14(16)4;1-11-3-7-13(8-4-11)14-9-5-12(2)6-10-14;1-11-5-3-7-13(9-11)14-8-4-6-12(2)10-14;1-11-8-12(2)10-14(9-11)13-6-4-3-5-7-13;1-5-11-7-10(4)12(6-2)8-9(11)3;1-7-4-5-8(2)9(3)6-7;1-5-3-8(10)6(2)4-7(5)9;1-6-3-4-7(2)8(9)5-6/h3-14H,1-2H3;5-10H,1-4H3;3*3-10H,1-2H3;7-8H,5-6H2,1-4H3;4-6H,1-3H3;3-4H,1-2H3;3-5H,1-2H3. The van der Waals surface area contributed by atoms with E-state index in [0.29, 0.717) is 16.7 Å². The third kappa shape index (κ3) is 30.3. The summed E-state index contributed by atoms with van der Waals surface area (Å²) in [6.45, 7) is 47.6. The van der Waals surface area contributed by atoms with Gasteiger partial charge in [0.1, 0.15) is 17.5 Å². The summed E-state index contributed by atoms with van der Waals surface area (Å²) in [5.74, 6) is -0.812. The molecule has 0 spiro atoms. The van der Waals surface area contributed by atoms with Crippen LogP contribution in [-0.4, -0.2) is 0 Å². The lowest BCUT2D eigenvalue weighted by Crippen LogP contribution is -1.93. The molecule has 0 heterocycles. The maximum Gasteiger partial charge on any atom is 0.126 e. The largest absolute Gasteiger partial charge is 0.207 e. The van der Waals surface area contributed by atoms with Crippen LogP contribution in [0.4, 0.5) is 13.2 Å². The number of halogens is 3. The fourth-order valence-corrected chi connectivity index (χ4v) is 13.9. The highest BCUT2D eigenvalue weighted by molar-refractivity contribution is 5.84. The maximum absolute atomic E-state index is 12.6. The summed E-state index contributed by atoms with van der Waals surface area (Å²) in [6.07, 6.45) is 2.30. The van der Waals surface area contributed by atoms with Gasteiger partial charge >= 0.3 is 0 Å². The van der Waals surface area contributed by atoms with E-state index in [1.807, 2.05) is 19.1 Å². The molecule has 15 aromatic rings. The second-order valence-electron chi connectivity index (χ2n) is 31.7. The third-order valence-electron chi connectivity index (χ3n) is 20.7. The third-order valence-corrected chi connectivity index (χ3v) is 20.7. The molecule has 0 radical (unpaired) electrons. The van der Waals surface area contributed by atoms with Crippen molar-refractivity contribution in [2.75, 3.05) is 0 Å². The zero-order valence-corrected chi connectivity index (χ0v) is 74.6. The predicted molar refractivity (Wildman–Crippen MR) is 509 cm³/mol. The molecule has 0 saturated heterocycles. The predicted octanol–water partition coefficient (Wildman–Crippen LogP) is 33.2. The van der Waals surface area contributed by atoms with E-state index in [9.17, 15) is 13.2 Å². The van der Waals surface area contributed by atoms with Gasteiger partial charge in [-0.1, -0.05) is 372 Å². The van der Waals surface area contributed by atoms with Crippen molar-refractivity contribution < 1.29 is 13.2 Å². The topological polar surface area (TPSA) is 0 Å². The summed E-state index contributed by atoms with van der Waals surface area (Å²) in [5.41, 5.74) is 43.8. The maximum atomic E-state index is 12.6. The molecule has 0 amide bonds. The van der Waals surface area contributed by atoms with E-state index in [2.05, 4.69) is 411 Å². The second-order valence-corrected chi connectivity index (χ2v) is 31.7. The lowest BCUT2D eigenvalue weighted by Gasteiger charge is -2.11. The van der Waals surface area contributed by atoms with Gasteiger partial charge in [0.25, 0.3) is 0 Å². The number of hydrogen-bond donors (Lipinski definition) is 0. The zero-order chi connectivity index (χ0) is 86.1. The van der Waals surface area contributed by atoms with Crippen LogP contribution in [0.5, 0.6) is 0 Å². The van der Waals surface area contributed by atoms with Crippen LogP contribution >= 0.6 is 0 Å². The zero-order valence-electron chi connectivity index (χ0n) is 74.6. The fourth-order valence-electron chi connectivity index (χ4n) is 13.9. The number of benzene rings is 15. The van der Waals surface area contributed by atoms with Gasteiger partial charge in [-0.05, 0) is 310 Å². The van der Waals surface area contributed by atoms with Crippen LogP contribution < -0.4 is 0 Å². The number of hydrogen-bond acceptors (Lipinski definition) is 0. The molecule has 15 rings (SSSR count). The van der Waals surface area contributed by atoms with Crippen LogP contribution in [0.25, 0.3) is 66.8 Å². The molecule has 0 aliphatic carbocycles. The minimum absolute atomic E-state index is 0.116. The van der Waals surface area contributed by atoms with Crippen molar-refractivity contribution in [1.29, 1.82) is 0 Å². The Hall–Kier alpha value is -11.9.